The van der Waals surface area contributed by atoms with Crippen LogP contribution in [0.2, 0.25) is 5.02 Å². The molecule has 70 valence electrons. The van der Waals surface area contributed by atoms with E-state index in [2.05, 4.69) is 17.3 Å². The summed E-state index contributed by atoms with van der Waals surface area (Å²) < 4.78 is 2.32. The first-order chi connectivity index (χ1) is 6.25. The maximum absolute atomic E-state index is 5.99. The average Bonchev–Trinajstić information content (AvgIpc) is 2.53. The Kier molecular flexibility index (Phi) is 2.70. The van der Waals surface area contributed by atoms with Gasteiger partial charge in [0.1, 0.15) is 0 Å². The molecule has 1 nitrogen and oxygen atoms in total. The number of rotatable bonds is 1. The summed E-state index contributed by atoms with van der Waals surface area (Å²) in [6.07, 6.45) is 1.27. The van der Waals surface area contributed by atoms with Crippen molar-refractivity contribution in [3.63, 3.8) is 0 Å². The van der Waals surface area contributed by atoms with Gasteiger partial charge in [0.25, 0.3) is 0 Å². The molecule has 1 aromatic rings. The standard InChI is InChI=1S/C10H12ClNS/c1-8-5-9(11)7-10(6-8)12-3-2-4-13-12/h5-7H,2-4H2,1H3. The molecular formula is C10H12ClNS. The zero-order valence-electron chi connectivity index (χ0n) is 7.59. The van der Waals surface area contributed by atoms with E-state index in [1.54, 1.807) is 0 Å². The second-order valence-electron chi connectivity index (χ2n) is 3.28. The molecule has 0 amide bonds. The van der Waals surface area contributed by atoms with Crippen LogP contribution in [0.25, 0.3) is 0 Å². The van der Waals surface area contributed by atoms with Crippen LogP contribution < -0.4 is 4.31 Å². The van der Waals surface area contributed by atoms with E-state index in [-0.39, 0.29) is 0 Å². The molecule has 0 unspecified atom stereocenters. The third-order valence-corrected chi connectivity index (χ3v) is 3.46. The Morgan fingerprint density at radius 1 is 1.38 bits per heavy atom. The van der Waals surface area contributed by atoms with Crippen LogP contribution in [0.5, 0.6) is 0 Å². The van der Waals surface area contributed by atoms with Gasteiger partial charge >= 0.3 is 0 Å². The number of anilines is 1. The number of aryl methyl sites for hydroxylation is 1. The Morgan fingerprint density at radius 2 is 2.23 bits per heavy atom. The normalized spacial score (nSPS) is 16.6. The smallest absolute Gasteiger partial charge is 0.0487 e. The lowest BCUT2D eigenvalue weighted by Crippen LogP contribution is -2.08. The van der Waals surface area contributed by atoms with Gasteiger partial charge in [0.15, 0.2) is 0 Å². The maximum Gasteiger partial charge on any atom is 0.0487 e. The summed E-state index contributed by atoms with van der Waals surface area (Å²) in [5.41, 5.74) is 2.47. The lowest BCUT2D eigenvalue weighted by molar-refractivity contribution is 0.989. The largest absolute Gasteiger partial charge is 0.316 e. The van der Waals surface area contributed by atoms with Gasteiger partial charge in [-0.2, -0.15) is 0 Å². The number of halogens is 1. The molecule has 0 spiro atoms. The monoisotopic (exact) mass is 213 g/mol. The first kappa shape index (κ1) is 9.22. The molecular weight excluding hydrogens is 202 g/mol. The fourth-order valence-corrected chi connectivity index (χ4v) is 2.79. The highest BCUT2D eigenvalue weighted by molar-refractivity contribution is 8.00. The van der Waals surface area contributed by atoms with Crippen LogP contribution in [0, 0.1) is 6.92 Å². The van der Waals surface area contributed by atoms with Gasteiger partial charge in [-0.15, -0.1) is 0 Å². The molecule has 0 aliphatic carbocycles. The molecule has 0 bridgehead atoms. The van der Waals surface area contributed by atoms with Crippen LogP contribution in [0.1, 0.15) is 12.0 Å². The first-order valence-electron chi connectivity index (χ1n) is 4.43. The van der Waals surface area contributed by atoms with E-state index in [1.165, 1.54) is 23.4 Å². The molecule has 2 rings (SSSR count). The second-order valence-corrected chi connectivity index (χ2v) is 4.82. The maximum atomic E-state index is 5.99. The molecule has 1 saturated heterocycles. The molecule has 0 radical (unpaired) electrons. The van der Waals surface area contributed by atoms with Gasteiger partial charge in [0.2, 0.25) is 0 Å². The highest BCUT2D eigenvalue weighted by atomic mass is 35.5. The molecule has 3 heteroatoms. The summed E-state index contributed by atoms with van der Waals surface area (Å²) in [4.78, 5) is 0. The van der Waals surface area contributed by atoms with Crippen molar-refractivity contribution in [2.24, 2.45) is 0 Å². The van der Waals surface area contributed by atoms with Crippen molar-refractivity contribution in [1.82, 2.24) is 0 Å². The summed E-state index contributed by atoms with van der Waals surface area (Å²) in [7, 11) is 0. The van der Waals surface area contributed by atoms with E-state index >= 15 is 0 Å². The van der Waals surface area contributed by atoms with Gasteiger partial charge < -0.3 is 4.31 Å². The summed E-state index contributed by atoms with van der Waals surface area (Å²) in [5, 5.41) is 0.836. The number of benzene rings is 1. The van der Waals surface area contributed by atoms with Crippen molar-refractivity contribution in [2.75, 3.05) is 16.6 Å². The minimum Gasteiger partial charge on any atom is -0.316 e. The fourth-order valence-electron chi connectivity index (χ4n) is 1.51. The Bertz CT molecular complexity index is 288. The van der Waals surface area contributed by atoms with Crippen LogP contribution >= 0.6 is 23.5 Å². The molecule has 1 aliphatic rings. The Morgan fingerprint density at radius 3 is 2.85 bits per heavy atom. The molecule has 1 aromatic carbocycles. The summed E-state index contributed by atoms with van der Waals surface area (Å²) in [6, 6.07) is 6.21. The lowest BCUT2D eigenvalue weighted by Gasteiger charge is -2.16. The highest BCUT2D eigenvalue weighted by Crippen LogP contribution is 2.30. The third kappa shape index (κ3) is 2.12. The van der Waals surface area contributed by atoms with Gasteiger partial charge in [-0.05, 0) is 49.1 Å². The van der Waals surface area contributed by atoms with Gasteiger partial charge in [-0.1, -0.05) is 11.6 Å². The molecule has 0 N–H and O–H groups in total. The molecule has 13 heavy (non-hydrogen) atoms. The third-order valence-electron chi connectivity index (χ3n) is 2.07. The van der Waals surface area contributed by atoms with Crippen LogP contribution in [-0.2, 0) is 0 Å². The van der Waals surface area contributed by atoms with Gasteiger partial charge in [0, 0.05) is 23.0 Å². The van der Waals surface area contributed by atoms with E-state index in [4.69, 9.17) is 11.6 Å². The predicted octanol–water partition coefficient (Wildman–Crippen LogP) is 3.51. The van der Waals surface area contributed by atoms with Crippen molar-refractivity contribution in [2.45, 2.75) is 13.3 Å². The van der Waals surface area contributed by atoms with Crippen LogP contribution in [0.3, 0.4) is 0 Å². The van der Waals surface area contributed by atoms with E-state index < -0.39 is 0 Å². The average molecular weight is 214 g/mol. The molecule has 1 fully saturated rings. The van der Waals surface area contributed by atoms with E-state index in [1.807, 2.05) is 24.1 Å². The molecule has 1 heterocycles. The summed E-state index contributed by atoms with van der Waals surface area (Å²) in [6.45, 7) is 3.22. The summed E-state index contributed by atoms with van der Waals surface area (Å²) in [5.74, 6) is 1.23. The van der Waals surface area contributed by atoms with E-state index in [0.717, 1.165) is 11.6 Å². The SMILES string of the molecule is Cc1cc(Cl)cc(N2CCCS2)c1. The number of hydrogen-bond donors (Lipinski definition) is 0. The van der Waals surface area contributed by atoms with Crippen LogP contribution in [0.15, 0.2) is 18.2 Å². The zero-order chi connectivity index (χ0) is 9.26. The minimum absolute atomic E-state index is 0.836. The molecule has 0 saturated carbocycles. The second kappa shape index (κ2) is 3.81. The van der Waals surface area contributed by atoms with Crippen LogP contribution in [-0.4, -0.2) is 12.3 Å². The topological polar surface area (TPSA) is 3.24 Å². The zero-order valence-corrected chi connectivity index (χ0v) is 9.16. The minimum atomic E-state index is 0.836. The van der Waals surface area contributed by atoms with Crippen molar-refractivity contribution in [3.05, 3.63) is 28.8 Å². The number of nitrogens with zero attached hydrogens (tertiary/aromatic N) is 1. The predicted molar refractivity (Wildman–Crippen MR) is 60.6 cm³/mol. The van der Waals surface area contributed by atoms with Crippen molar-refractivity contribution >= 4 is 29.2 Å². The summed E-state index contributed by atoms with van der Waals surface area (Å²) >= 11 is 7.88. The van der Waals surface area contributed by atoms with Crippen molar-refractivity contribution in [3.8, 4) is 0 Å². The van der Waals surface area contributed by atoms with Gasteiger partial charge in [-0.25, -0.2) is 0 Å². The molecule has 0 atom stereocenters. The highest BCUT2D eigenvalue weighted by Gasteiger charge is 2.13. The Hall–Kier alpha value is -0.340. The van der Waals surface area contributed by atoms with Gasteiger partial charge in [0.05, 0.1) is 0 Å². The van der Waals surface area contributed by atoms with Crippen molar-refractivity contribution < 1.29 is 0 Å². The Labute approximate surface area is 88.2 Å². The molecule has 0 aromatic heterocycles. The van der Waals surface area contributed by atoms with Gasteiger partial charge in [-0.3, -0.25) is 0 Å². The quantitative estimate of drug-likeness (QED) is 0.657. The van der Waals surface area contributed by atoms with Crippen LogP contribution in [0.4, 0.5) is 5.69 Å². The molecule has 1 aliphatic heterocycles. The van der Waals surface area contributed by atoms with E-state index in [0.29, 0.717) is 0 Å². The first-order valence-corrected chi connectivity index (χ1v) is 5.75. The van der Waals surface area contributed by atoms with E-state index in [9.17, 15) is 0 Å². The Balaban J connectivity index is 2.28. The lowest BCUT2D eigenvalue weighted by atomic mass is 10.2. The van der Waals surface area contributed by atoms with Crippen molar-refractivity contribution in [1.29, 1.82) is 0 Å². The number of hydrogen-bond acceptors (Lipinski definition) is 2. The fraction of sp³-hybridized carbons (Fsp3) is 0.400.